The van der Waals surface area contributed by atoms with Crippen molar-refractivity contribution in [1.82, 2.24) is 10.2 Å². The van der Waals surface area contributed by atoms with E-state index in [2.05, 4.69) is 10.2 Å². The van der Waals surface area contributed by atoms with Gasteiger partial charge in [-0.3, -0.25) is 0 Å². The molecule has 0 fully saturated rings. The molecular weight excluding hydrogens is 368 g/mol. The van der Waals surface area contributed by atoms with E-state index in [1.165, 1.54) is 12.5 Å². The SMILES string of the molecule is CCc1cc2oc(=O)cc(COc3ccc(-c4nnco4)cc3)c2cc1Cl. The van der Waals surface area contributed by atoms with Crippen LogP contribution in [0.2, 0.25) is 5.02 Å². The van der Waals surface area contributed by atoms with Gasteiger partial charge in [-0.2, -0.15) is 0 Å². The number of hydrogen-bond donors (Lipinski definition) is 0. The molecule has 136 valence electrons. The fraction of sp³-hybridized carbons (Fsp3) is 0.150. The monoisotopic (exact) mass is 382 g/mol. The van der Waals surface area contributed by atoms with Crippen molar-refractivity contribution in [1.29, 1.82) is 0 Å². The Morgan fingerprint density at radius 1 is 1.11 bits per heavy atom. The van der Waals surface area contributed by atoms with Crippen molar-refractivity contribution >= 4 is 22.6 Å². The number of fused-ring (bicyclic) bond motifs is 1. The molecule has 4 rings (SSSR count). The fourth-order valence-corrected chi connectivity index (χ4v) is 3.13. The molecule has 6 nitrogen and oxygen atoms in total. The molecule has 0 spiro atoms. The first-order chi connectivity index (χ1) is 13.1. The Kier molecular flexibility index (Phi) is 4.64. The van der Waals surface area contributed by atoms with Crippen LogP contribution < -0.4 is 10.4 Å². The molecule has 0 unspecified atom stereocenters. The van der Waals surface area contributed by atoms with Gasteiger partial charge in [-0.15, -0.1) is 10.2 Å². The summed E-state index contributed by atoms with van der Waals surface area (Å²) in [6, 6.07) is 12.3. The van der Waals surface area contributed by atoms with Crippen LogP contribution in [-0.2, 0) is 13.0 Å². The van der Waals surface area contributed by atoms with Crippen LogP contribution in [0.5, 0.6) is 5.75 Å². The molecule has 0 N–H and O–H groups in total. The maximum Gasteiger partial charge on any atom is 0.336 e. The van der Waals surface area contributed by atoms with Gasteiger partial charge in [0.2, 0.25) is 12.3 Å². The number of halogens is 1. The highest BCUT2D eigenvalue weighted by atomic mass is 35.5. The molecule has 27 heavy (non-hydrogen) atoms. The number of ether oxygens (including phenoxy) is 1. The summed E-state index contributed by atoms with van der Waals surface area (Å²) >= 11 is 6.32. The van der Waals surface area contributed by atoms with E-state index in [0.717, 1.165) is 22.9 Å². The Labute approximate surface area is 159 Å². The van der Waals surface area contributed by atoms with E-state index in [1.54, 1.807) is 12.1 Å². The van der Waals surface area contributed by atoms with E-state index in [0.29, 0.717) is 27.8 Å². The van der Waals surface area contributed by atoms with Crippen molar-refractivity contribution < 1.29 is 13.6 Å². The summed E-state index contributed by atoms with van der Waals surface area (Å²) < 4.78 is 16.3. The molecule has 0 saturated heterocycles. The number of hydrogen-bond acceptors (Lipinski definition) is 6. The third-order valence-electron chi connectivity index (χ3n) is 4.23. The lowest BCUT2D eigenvalue weighted by Crippen LogP contribution is -2.04. The molecule has 0 aliphatic carbocycles. The van der Waals surface area contributed by atoms with Crippen molar-refractivity contribution in [2.45, 2.75) is 20.0 Å². The van der Waals surface area contributed by atoms with E-state index in [-0.39, 0.29) is 6.61 Å². The van der Waals surface area contributed by atoms with Gasteiger partial charge in [0, 0.05) is 27.6 Å². The molecule has 0 radical (unpaired) electrons. The van der Waals surface area contributed by atoms with Gasteiger partial charge in [0.15, 0.2) is 0 Å². The molecule has 4 aromatic rings. The lowest BCUT2D eigenvalue weighted by Gasteiger charge is -2.10. The number of rotatable bonds is 5. The second-order valence-electron chi connectivity index (χ2n) is 5.94. The maximum atomic E-state index is 11.9. The molecule has 0 amide bonds. The van der Waals surface area contributed by atoms with Crippen molar-refractivity contribution in [3.05, 3.63) is 75.4 Å². The van der Waals surface area contributed by atoms with Crippen molar-refractivity contribution in [3.8, 4) is 17.2 Å². The van der Waals surface area contributed by atoms with E-state index in [4.69, 9.17) is 25.2 Å². The minimum absolute atomic E-state index is 0.212. The van der Waals surface area contributed by atoms with Crippen LogP contribution in [0.3, 0.4) is 0 Å². The molecule has 0 saturated carbocycles. The van der Waals surface area contributed by atoms with Crippen LogP contribution in [0.25, 0.3) is 22.4 Å². The Balaban J connectivity index is 1.60. The van der Waals surface area contributed by atoms with Gasteiger partial charge in [0.05, 0.1) is 0 Å². The first kappa shape index (κ1) is 17.3. The molecule has 2 aromatic carbocycles. The predicted octanol–water partition coefficient (Wildman–Crippen LogP) is 4.64. The summed E-state index contributed by atoms with van der Waals surface area (Å²) in [6.45, 7) is 2.21. The van der Waals surface area contributed by atoms with Crippen LogP contribution in [0.1, 0.15) is 18.1 Å². The third-order valence-corrected chi connectivity index (χ3v) is 4.59. The lowest BCUT2D eigenvalue weighted by atomic mass is 10.1. The van der Waals surface area contributed by atoms with Crippen LogP contribution in [-0.4, -0.2) is 10.2 Å². The summed E-state index contributed by atoms with van der Waals surface area (Å²) in [5, 5.41) is 8.92. The maximum absolute atomic E-state index is 11.9. The lowest BCUT2D eigenvalue weighted by molar-refractivity contribution is 0.306. The standard InChI is InChI=1S/C20H15ClN2O4/c1-2-12-7-18-16(9-17(12)21)14(8-19(24)27-18)10-25-15-5-3-13(4-6-15)20-23-22-11-26-20/h3-9,11H,2,10H2,1H3. The van der Waals surface area contributed by atoms with Gasteiger partial charge in [0.1, 0.15) is 17.9 Å². The van der Waals surface area contributed by atoms with Gasteiger partial charge >= 0.3 is 5.63 Å². The number of aromatic nitrogens is 2. The summed E-state index contributed by atoms with van der Waals surface area (Å²) in [6.07, 6.45) is 2.03. The summed E-state index contributed by atoms with van der Waals surface area (Å²) in [5.41, 5.74) is 2.53. The van der Waals surface area contributed by atoms with Gasteiger partial charge in [-0.25, -0.2) is 4.79 Å². The Morgan fingerprint density at radius 3 is 2.63 bits per heavy atom. The smallest absolute Gasteiger partial charge is 0.336 e. The second-order valence-corrected chi connectivity index (χ2v) is 6.35. The quantitative estimate of drug-likeness (QED) is 0.468. The van der Waals surface area contributed by atoms with Crippen LogP contribution in [0.15, 0.2) is 62.5 Å². The third kappa shape index (κ3) is 3.57. The number of nitrogens with zero attached hydrogens (tertiary/aromatic N) is 2. The Bertz CT molecular complexity index is 1140. The van der Waals surface area contributed by atoms with Gasteiger partial charge < -0.3 is 13.6 Å². The largest absolute Gasteiger partial charge is 0.489 e. The highest BCUT2D eigenvalue weighted by molar-refractivity contribution is 6.32. The number of aryl methyl sites for hydroxylation is 1. The fourth-order valence-electron chi connectivity index (χ4n) is 2.83. The zero-order valence-electron chi connectivity index (χ0n) is 14.4. The summed E-state index contributed by atoms with van der Waals surface area (Å²) in [4.78, 5) is 11.9. The summed E-state index contributed by atoms with van der Waals surface area (Å²) in [7, 11) is 0. The molecule has 0 aliphatic heterocycles. The first-order valence-corrected chi connectivity index (χ1v) is 8.76. The second kappa shape index (κ2) is 7.25. The highest BCUT2D eigenvalue weighted by Crippen LogP contribution is 2.27. The molecule has 0 aliphatic rings. The van der Waals surface area contributed by atoms with Gasteiger partial charge in [-0.1, -0.05) is 18.5 Å². The average Bonchev–Trinajstić information content (AvgIpc) is 3.21. The minimum Gasteiger partial charge on any atom is -0.489 e. The van der Waals surface area contributed by atoms with E-state index in [1.807, 2.05) is 31.2 Å². The molecular formula is C20H15ClN2O4. The minimum atomic E-state index is -0.419. The molecule has 0 atom stereocenters. The van der Waals surface area contributed by atoms with Crippen molar-refractivity contribution in [2.24, 2.45) is 0 Å². The zero-order chi connectivity index (χ0) is 18.8. The molecule has 7 heteroatoms. The number of benzene rings is 2. The molecule has 2 heterocycles. The van der Waals surface area contributed by atoms with Crippen LogP contribution >= 0.6 is 11.6 Å². The first-order valence-electron chi connectivity index (χ1n) is 8.38. The molecule has 0 bridgehead atoms. The van der Waals surface area contributed by atoms with E-state index in [9.17, 15) is 4.79 Å². The Hall–Kier alpha value is -3.12. The van der Waals surface area contributed by atoms with E-state index < -0.39 is 5.63 Å². The highest BCUT2D eigenvalue weighted by Gasteiger charge is 2.11. The van der Waals surface area contributed by atoms with Crippen LogP contribution in [0.4, 0.5) is 0 Å². The van der Waals surface area contributed by atoms with E-state index >= 15 is 0 Å². The van der Waals surface area contributed by atoms with Crippen molar-refractivity contribution in [3.63, 3.8) is 0 Å². The summed E-state index contributed by atoms with van der Waals surface area (Å²) in [5.74, 6) is 1.09. The topological polar surface area (TPSA) is 78.4 Å². The molecule has 2 aromatic heterocycles. The van der Waals surface area contributed by atoms with Crippen molar-refractivity contribution in [2.75, 3.05) is 0 Å². The average molecular weight is 383 g/mol. The van der Waals surface area contributed by atoms with Gasteiger partial charge in [-0.05, 0) is 48.4 Å². The van der Waals surface area contributed by atoms with Gasteiger partial charge in [0.25, 0.3) is 0 Å². The Morgan fingerprint density at radius 2 is 1.93 bits per heavy atom. The normalized spacial score (nSPS) is 11.0. The zero-order valence-corrected chi connectivity index (χ0v) is 15.2. The predicted molar refractivity (Wildman–Crippen MR) is 101 cm³/mol. The van der Waals surface area contributed by atoms with Crippen LogP contribution in [0, 0.1) is 0 Å².